The Labute approximate surface area is 83.5 Å². The highest BCUT2D eigenvalue weighted by atomic mass is 16.3. The highest BCUT2D eigenvalue weighted by molar-refractivity contribution is 5.89. The zero-order valence-corrected chi connectivity index (χ0v) is 8.54. The smallest absolute Gasteiger partial charge is 0.284 e. The summed E-state index contributed by atoms with van der Waals surface area (Å²) in [4.78, 5) is 10.7. The van der Waals surface area contributed by atoms with Crippen LogP contribution in [0.2, 0.25) is 0 Å². The Morgan fingerprint density at radius 3 is 2.86 bits per heavy atom. The summed E-state index contributed by atoms with van der Waals surface area (Å²) in [6.45, 7) is 4.83. The minimum Gasteiger partial charge on any atom is -0.455 e. The van der Waals surface area contributed by atoms with Gasteiger partial charge in [-0.15, -0.1) is 0 Å². The van der Waals surface area contributed by atoms with Crippen molar-refractivity contribution in [1.82, 2.24) is 5.32 Å². The maximum absolute atomic E-state index is 10.7. The molecule has 1 amide bonds. The third-order valence-corrected chi connectivity index (χ3v) is 2.14. The number of furan rings is 1. The fourth-order valence-electron chi connectivity index (χ4n) is 1.02. The molecule has 0 radical (unpaired) electrons. The van der Waals surface area contributed by atoms with Gasteiger partial charge in [-0.1, -0.05) is 6.92 Å². The maximum atomic E-state index is 10.7. The van der Waals surface area contributed by atoms with Gasteiger partial charge in [-0.25, -0.2) is 0 Å². The van der Waals surface area contributed by atoms with Gasteiger partial charge < -0.3 is 15.5 Å². The molecule has 0 saturated carbocycles. The van der Waals surface area contributed by atoms with E-state index in [4.69, 9.17) is 10.2 Å². The van der Waals surface area contributed by atoms with Gasteiger partial charge in [0.15, 0.2) is 5.76 Å². The van der Waals surface area contributed by atoms with Crippen molar-refractivity contribution in [2.24, 2.45) is 5.73 Å². The van der Waals surface area contributed by atoms with E-state index < -0.39 is 5.91 Å². The molecule has 1 aromatic rings. The number of hydrogen-bond acceptors (Lipinski definition) is 3. The quantitative estimate of drug-likeness (QED) is 0.745. The van der Waals surface area contributed by atoms with Crippen molar-refractivity contribution < 1.29 is 9.21 Å². The van der Waals surface area contributed by atoms with Crippen molar-refractivity contribution in [3.63, 3.8) is 0 Å². The summed E-state index contributed by atoms with van der Waals surface area (Å²) >= 11 is 0. The summed E-state index contributed by atoms with van der Waals surface area (Å²) in [5, 5.41) is 3.25. The van der Waals surface area contributed by atoms with Gasteiger partial charge in [-0.2, -0.15) is 0 Å². The van der Waals surface area contributed by atoms with Crippen LogP contribution >= 0.6 is 0 Å². The second-order valence-electron chi connectivity index (χ2n) is 3.32. The molecular weight excluding hydrogens is 180 g/mol. The topological polar surface area (TPSA) is 68.3 Å². The number of primary amides is 1. The van der Waals surface area contributed by atoms with Crippen LogP contribution in [0.3, 0.4) is 0 Å². The van der Waals surface area contributed by atoms with Crippen molar-refractivity contribution in [3.05, 3.63) is 23.7 Å². The number of rotatable bonds is 5. The highest BCUT2D eigenvalue weighted by Gasteiger charge is 2.07. The maximum Gasteiger partial charge on any atom is 0.284 e. The van der Waals surface area contributed by atoms with Crippen LogP contribution in [0.15, 0.2) is 16.5 Å². The lowest BCUT2D eigenvalue weighted by Crippen LogP contribution is -2.24. The molecule has 0 aromatic carbocycles. The van der Waals surface area contributed by atoms with Crippen molar-refractivity contribution in [1.29, 1.82) is 0 Å². The van der Waals surface area contributed by atoms with E-state index in [2.05, 4.69) is 19.2 Å². The number of nitrogens with one attached hydrogen (secondary N) is 1. The monoisotopic (exact) mass is 196 g/mol. The van der Waals surface area contributed by atoms with Gasteiger partial charge in [0.25, 0.3) is 5.91 Å². The first kappa shape index (κ1) is 10.8. The van der Waals surface area contributed by atoms with Gasteiger partial charge in [0.1, 0.15) is 5.76 Å². The first-order valence-corrected chi connectivity index (χ1v) is 4.75. The Hall–Kier alpha value is -1.29. The van der Waals surface area contributed by atoms with Crippen LogP contribution < -0.4 is 11.1 Å². The summed E-state index contributed by atoms with van der Waals surface area (Å²) in [7, 11) is 0. The molecule has 1 rings (SSSR count). The minimum absolute atomic E-state index is 0.214. The van der Waals surface area contributed by atoms with E-state index in [9.17, 15) is 4.79 Å². The molecule has 0 aliphatic carbocycles. The molecule has 1 atom stereocenters. The number of carbonyl (C=O) groups is 1. The van der Waals surface area contributed by atoms with Crippen LogP contribution in [-0.4, -0.2) is 11.9 Å². The highest BCUT2D eigenvalue weighted by Crippen LogP contribution is 2.07. The Morgan fingerprint density at radius 1 is 1.64 bits per heavy atom. The number of hydrogen-bond donors (Lipinski definition) is 2. The second-order valence-corrected chi connectivity index (χ2v) is 3.32. The van der Waals surface area contributed by atoms with E-state index >= 15 is 0 Å². The lowest BCUT2D eigenvalue weighted by atomic mass is 10.2. The van der Waals surface area contributed by atoms with E-state index in [1.807, 2.05) is 0 Å². The predicted octanol–water partition coefficient (Wildman–Crippen LogP) is 1.27. The van der Waals surface area contributed by atoms with Gasteiger partial charge in [0.05, 0.1) is 6.54 Å². The molecule has 0 fully saturated rings. The number of carbonyl (C=O) groups excluding carboxylic acids is 1. The molecular formula is C10H16N2O2. The van der Waals surface area contributed by atoms with Crippen LogP contribution in [0, 0.1) is 0 Å². The Morgan fingerprint density at radius 2 is 2.36 bits per heavy atom. The molecule has 0 spiro atoms. The first-order chi connectivity index (χ1) is 6.63. The van der Waals surface area contributed by atoms with Crippen molar-refractivity contribution >= 4 is 5.91 Å². The lowest BCUT2D eigenvalue weighted by molar-refractivity contribution is 0.0972. The zero-order valence-electron chi connectivity index (χ0n) is 8.54. The zero-order chi connectivity index (χ0) is 10.6. The minimum atomic E-state index is -0.528. The second kappa shape index (κ2) is 4.81. The average molecular weight is 196 g/mol. The normalized spacial score (nSPS) is 12.7. The van der Waals surface area contributed by atoms with Gasteiger partial charge in [-0.3, -0.25) is 4.79 Å². The van der Waals surface area contributed by atoms with E-state index in [-0.39, 0.29) is 5.76 Å². The van der Waals surface area contributed by atoms with Gasteiger partial charge >= 0.3 is 0 Å². The molecule has 0 aliphatic heterocycles. The number of amides is 1. The van der Waals surface area contributed by atoms with Gasteiger partial charge in [0, 0.05) is 6.04 Å². The summed E-state index contributed by atoms with van der Waals surface area (Å²) < 4.78 is 5.20. The van der Waals surface area contributed by atoms with Crippen LogP contribution in [0.1, 0.15) is 36.6 Å². The van der Waals surface area contributed by atoms with Crippen molar-refractivity contribution in [2.45, 2.75) is 32.9 Å². The molecule has 3 N–H and O–H groups in total. The Balaban J connectivity index is 2.48. The molecule has 0 aliphatic rings. The standard InChI is InChI=1S/C10H16N2O2/c1-3-7(2)12-6-8-4-5-9(14-8)10(11)13/h4-5,7,12H,3,6H2,1-2H3,(H2,11,13). The first-order valence-electron chi connectivity index (χ1n) is 4.75. The summed E-state index contributed by atoms with van der Waals surface area (Å²) in [6, 6.07) is 3.79. The molecule has 1 unspecified atom stereocenters. The predicted molar refractivity (Wildman–Crippen MR) is 53.8 cm³/mol. The van der Waals surface area contributed by atoms with Crippen LogP contribution in [-0.2, 0) is 6.54 Å². The molecule has 14 heavy (non-hydrogen) atoms. The Kier molecular flexibility index (Phi) is 3.71. The third kappa shape index (κ3) is 2.88. The molecule has 0 saturated heterocycles. The summed E-state index contributed by atoms with van der Waals surface area (Å²) in [5.41, 5.74) is 5.06. The van der Waals surface area contributed by atoms with Crippen molar-refractivity contribution in [2.75, 3.05) is 0 Å². The molecule has 4 heteroatoms. The fourth-order valence-corrected chi connectivity index (χ4v) is 1.02. The van der Waals surface area contributed by atoms with Crippen LogP contribution in [0.25, 0.3) is 0 Å². The molecule has 78 valence electrons. The molecule has 4 nitrogen and oxygen atoms in total. The van der Waals surface area contributed by atoms with E-state index in [0.29, 0.717) is 12.6 Å². The SMILES string of the molecule is CCC(C)NCc1ccc(C(N)=O)o1. The lowest BCUT2D eigenvalue weighted by Gasteiger charge is -2.08. The van der Waals surface area contributed by atoms with E-state index in [0.717, 1.165) is 12.2 Å². The van der Waals surface area contributed by atoms with Gasteiger partial charge in [-0.05, 0) is 25.5 Å². The van der Waals surface area contributed by atoms with Crippen LogP contribution in [0.5, 0.6) is 0 Å². The average Bonchev–Trinajstić information content (AvgIpc) is 2.62. The molecule has 0 bridgehead atoms. The summed E-state index contributed by atoms with van der Waals surface area (Å²) in [6.07, 6.45) is 1.06. The van der Waals surface area contributed by atoms with E-state index in [1.54, 1.807) is 12.1 Å². The largest absolute Gasteiger partial charge is 0.455 e. The third-order valence-electron chi connectivity index (χ3n) is 2.14. The van der Waals surface area contributed by atoms with Gasteiger partial charge in [0.2, 0.25) is 0 Å². The fraction of sp³-hybridized carbons (Fsp3) is 0.500. The molecule has 1 aromatic heterocycles. The molecule has 1 heterocycles. The van der Waals surface area contributed by atoms with E-state index in [1.165, 1.54) is 0 Å². The summed E-state index contributed by atoms with van der Waals surface area (Å²) in [5.74, 6) is 0.421. The number of nitrogens with two attached hydrogens (primary N) is 1. The van der Waals surface area contributed by atoms with Crippen LogP contribution in [0.4, 0.5) is 0 Å². The van der Waals surface area contributed by atoms with Crippen molar-refractivity contribution in [3.8, 4) is 0 Å². The Bertz CT molecular complexity index is 307.